The molecule has 0 atom stereocenters. The van der Waals surface area contributed by atoms with Gasteiger partial charge in [0, 0.05) is 27.8 Å². The Kier molecular flexibility index (Phi) is 4.53. The van der Waals surface area contributed by atoms with Crippen molar-refractivity contribution in [2.24, 2.45) is 0 Å². The monoisotopic (exact) mass is 384 g/mol. The van der Waals surface area contributed by atoms with Crippen molar-refractivity contribution in [1.82, 2.24) is 10.2 Å². The fourth-order valence-corrected chi connectivity index (χ4v) is 3.55. The average Bonchev–Trinajstić information content (AvgIpc) is 3.08. The predicted octanol–water partition coefficient (Wildman–Crippen LogP) is 5.10. The number of aromatic nitrogens is 2. The van der Waals surface area contributed by atoms with Crippen LogP contribution >= 0.6 is 23.4 Å². The SMILES string of the molecule is Cc1ccc2c(CSc3nnc(-c4cccc(Cl)c4)o3)cc(=O)oc2c1. The molecule has 0 radical (unpaired) electrons. The Balaban J connectivity index is 1.58. The molecule has 130 valence electrons. The summed E-state index contributed by atoms with van der Waals surface area (Å²) in [6, 6.07) is 14.5. The average molecular weight is 385 g/mol. The third kappa shape index (κ3) is 3.52. The number of nitrogens with zero attached hydrogens (tertiary/aromatic N) is 2. The molecule has 0 unspecified atom stereocenters. The zero-order valence-corrected chi connectivity index (χ0v) is 15.3. The van der Waals surface area contributed by atoms with Crippen molar-refractivity contribution in [2.45, 2.75) is 17.9 Å². The van der Waals surface area contributed by atoms with Crippen LogP contribution in [-0.2, 0) is 5.75 Å². The Bertz CT molecular complexity index is 1150. The van der Waals surface area contributed by atoms with Crippen LogP contribution in [0.4, 0.5) is 0 Å². The van der Waals surface area contributed by atoms with Crippen LogP contribution in [0.5, 0.6) is 0 Å². The molecule has 0 aliphatic rings. The van der Waals surface area contributed by atoms with Crippen molar-refractivity contribution < 1.29 is 8.83 Å². The lowest BCUT2D eigenvalue weighted by atomic mass is 10.1. The molecular formula is C19H13ClN2O3S. The van der Waals surface area contributed by atoms with Crippen molar-refractivity contribution in [1.29, 1.82) is 0 Å². The zero-order valence-electron chi connectivity index (χ0n) is 13.7. The maximum atomic E-state index is 11.8. The maximum absolute atomic E-state index is 11.8. The highest BCUT2D eigenvalue weighted by Gasteiger charge is 2.12. The second-order valence-corrected chi connectivity index (χ2v) is 7.13. The van der Waals surface area contributed by atoms with Gasteiger partial charge < -0.3 is 8.83 Å². The first-order chi connectivity index (χ1) is 12.6. The minimum Gasteiger partial charge on any atom is -0.423 e. The number of hydrogen-bond donors (Lipinski definition) is 0. The molecule has 0 saturated heterocycles. The first-order valence-electron chi connectivity index (χ1n) is 7.84. The van der Waals surface area contributed by atoms with Crippen LogP contribution in [0.1, 0.15) is 11.1 Å². The second-order valence-electron chi connectivity index (χ2n) is 5.76. The summed E-state index contributed by atoms with van der Waals surface area (Å²) in [5.74, 6) is 0.922. The minimum atomic E-state index is -0.371. The van der Waals surface area contributed by atoms with Crippen LogP contribution in [0.2, 0.25) is 5.02 Å². The van der Waals surface area contributed by atoms with Crippen LogP contribution < -0.4 is 5.63 Å². The third-order valence-electron chi connectivity index (χ3n) is 3.81. The lowest BCUT2D eigenvalue weighted by Crippen LogP contribution is -2.00. The number of hydrogen-bond acceptors (Lipinski definition) is 6. The number of rotatable bonds is 4. The summed E-state index contributed by atoms with van der Waals surface area (Å²) >= 11 is 7.36. The van der Waals surface area contributed by atoms with Gasteiger partial charge in [0.15, 0.2) is 0 Å². The van der Waals surface area contributed by atoms with Gasteiger partial charge in [0.25, 0.3) is 5.22 Å². The molecule has 0 saturated carbocycles. The predicted molar refractivity (Wildman–Crippen MR) is 102 cm³/mol. The fourth-order valence-electron chi connectivity index (χ4n) is 2.60. The zero-order chi connectivity index (χ0) is 18.1. The van der Waals surface area contributed by atoms with E-state index >= 15 is 0 Å². The molecule has 0 aliphatic heterocycles. The van der Waals surface area contributed by atoms with E-state index < -0.39 is 0 Å². The van der Waals surface area contributed by atoms with Crippen LogP contribution in [0, 0.1) is 6.92 Å². The highest BCUT2D eigenvalue weighted by molar-refractivity contribution is 7.98. The molecule has 2 aromatic heterocycles. The van der Waals surface area contributed by atoms with Crippen molar-refractivity contribution >= 4 is 34.3 Å². The fraction of sp³-hybridized carbons (Fsp3) is 0.105. The van der Waals surface area contributed by atoms with E-state index in [1.807, 2.05) is 37.3 Å². The molecule has 0 N–H and O–H groups in total. The van der Waals surface area contributed by atoms with Crippen LogP contribution in [0.25, 0.3) is 22.4 Å². The van der Waals surface area contributed by atoms with Gasteiger partial charge >= 0.3 is 5.63 Å². The summed E-state index contributed by atoms with van der Waals surface area (Å²) in [5.41, 5.74) is 2.87. The van der Waals surface area contributed by atoms with Crippen LogP contribution in [0.15, 0.2) is 67.4 Å². The first-order valence-corrected chi connectivity index (χ1v) is 9.20. The number of halogens is 1. The summed E-state index contributed by atoms with van der Waals surface area (Å²) < 4.78 is 11.0. The van der Waals surface area contributed by atoms with Gasteiger partial charge in [-0.15, -0.1) is 10.2 Å². The van der Waals surface area contributed by atoms with Gasteiger partial charge in [-0.25, -0.2) is 4.79 Å². The normalized spacial score (nSPS) is 11.2. The molecule has 0 fully saturated rings. The summed E-state index contributed by atoms with van der Waals surface area (Å²) in [7, 11) is 0. The maximum Gasteiger partial charge on any atom is 0.336 e. The lowest BCUT2D eigenvalue weighted by molar-refractivity contribution is 0.466. The smallest absolute Gasteiger partial charge is 0.336 e. The van der Waals surface area contributed by atoms with E-state index in [1.165, 1.54) is 17.8 Å². The van der Waals surface area contributed by atoms with Crippen molar-refractivity contribution in [3.8, 4) is 11.5 Å². The van der Waals surface area contributed by atoms with Gasteiger partial charge in [-0.1, -0.05) is 41.6 Å². The highest BCUT2D eigenvalue weighted by atomic mass is 35.5. The molecule has 2 aromatic carbocycles. The number of fused-ring (bicyclic) bond motifs is 1. The first kappa shape index (κ1) is 16.9. The summed E-state index contributed by atoms with van der Waals surface area (Å²) in [6.45, 7) is 1.96. The summed E-state index contributed by atoms with van der Waals surface area (Å²) in [5, 5.41) is 10.0. The molecule has 4 aromatic rings. The minimum absolute atomic E-state index is 0.371. The molecule has 0 amide bonds. The number of thioether (sulfide) groups is 1. The van der Waals surface area contributed by atoms with Gasteiger partial charge in [-0.3, -0.25) is 0 Å². The van der Waals surface area contributed by atoms with Gasteiger partial charge in [-0.2, -0.15) is 0 Å². The highest BCUT2D eigenvalue weighted by Crippen LogP contribution is 2.29. The van der Waals surface area contributed by atoms with E-state index in [0.29, 0.717) is 27.5 Å². The third-order valence-corrected chi connectivity index (χ3v) is 4.92. The Hall–Kier alpha value is -2.57. The number of benzene rings is 2. The Morgan fingerprint density at radius 2 is 1.96 bits per heavy atom. The van der Waals surface area contributed by atoms with E-state index in [-0.39, 0.29) is 5.63 Å². The van der Waals surface area contributed by atoms with E-state index in [9.17, 15) is 4.79 Å². The van der Waals surface area contributed by atoms with Crippen LogP contribution in [-0.4, -0.2) is 10.2 Å². The molecule has 5 nitrogen and oxygen atoms in total. The van der Waals surface area contributed by atoms with Gasteiger partial charge in [0.2, 0.25) is 5.89 Å². The van der Waals surface area contributed by atoms with E-state index in [1.54, 1.807) is 12.1 Å². The number of aryl methyl sites for hydroxylation is 1. The van der Waals surface area contributed by atoms with Crippen molar-refractivity contribution in [2.75, 3.05) is 0 Å². The van der Waals surface area contributed by atoms with Crippen LogP contribution in [0.3, 0.4) is 0 Å². The Morgan fingerprint density at radius 1 is 1.08 bits per heavy atom. The quantitative estimate of drug-likeness (QED) is 0.360. The van der Waals surface area contributed by atoms with Gasteiger partial charge in [0.1, 0.15) is 5.58 Å². The standard InChI is InChI=1S/C19H13ClN2O3S/c1-11-5-6-15-13(9-17(23)24-16(15)7-11)10-26-19-22-21-18(25-19)12-3-2-4-14(20)8-12/h2-9H,10H2,1H3. The molecular weight excluding hydrogens is 372 g/mol. The van der Waals surface area contributed by atoms with Crippen molar-refractivity contribution in [3.05, 3.63) is 75.1 Å². The molecule has 0 spiro atoms. The Morgan fingerprint density at radius 3 is 2.81 bits per heavy atom. The Labute approximate surface area is 158 Å². The summed E-state index contributed by atoms with van der Waals surface area (Å²) in [6.07, 6.45) is 0. The van der Waals surface area contributed by atoms with Gasteiger partial charge in [0.05, 0.1) is 0 Å². The molecule has 2 heterocycles. The topological polar surface area (TPSA) is 69.1 Å². The molecule has 4 rings (SSSR count). The molecule has 7 heteroatoms. The molecule has 0 aliphatic carbocycles. The molecule has 26 heavy (non-hydrogen) atoms. The summed E-state index contributed by atoms with van der Waals surface area (Å²) in [4.78, 5) is 11.8. The van der Waals surface area contributed by atoms with Crippen molar-refractivity contribution in [3.63, 3.8) is 0 Å². The van der Waals surface area contributed by atoms with E-state index in [2.05, 4.69) is 10.2 Å². The molecule has 0 bridgehead atoms. The van der Waals surface area contributed by atoms with E-state index in [0.717, 1.165) is 22.1 Å². The van der Waals surface area contributed by atoms with Gasteiger partial charge in [-0.05, 0) is 42.3 Å². The largest absolute Gasteiger partial charge is 0.423 e. The lowest BCUT2D eigenvalue weighted by Gasteiger charge is -2.04. The van der Waals surface area contributed by atoms with E-state index in [4.69, 9.17) is 20.4 Å². The second kappa shape index (κ2) is 6.97.